The highest BCUT2D eigenvalue weighted by molar-refractivity contribution is 9.10. The van der Waals surface area contributed by atoms with E-state index in [9.17, 15) is 4.79 Å². The van der Waals surface area contributed by atoms with E-state index >= 15 is 0 Å². The van der Waals surface area contributed by atoms with Gasteiger partial charge in [0, 0.05) is 24.1 Å². The number of esters is 1. The minimum Gasteiger partial charge on any atom is -0.466 e. The van der Waals surface area contributed by atoms with Crippen LogP contribution in [0.2, 0.25) is 0 Å². The molecule has 5 heteroatoms. The summed E-state index contributed by atoms with van der Waals surface area (Å²) in [6.07, 6.45) is 0. The van der Waals surface area contributed by atoms with Crippen LogP contribution in [0, 0.1) is 0 Å². The fourth-order valence-electron chi connectivity index (χ4n) is 2.24. The number of ether oxygens (including phenoxy) is 1. The molecule has 0 N–H and O–H groups in total. The minimum absolute atomic E-state index is 0.166. The Labute approximate surface area is 147 Å². The van der Waals surface area contributed by atoms with E-state index in [-0.39, 0.29) is 11.9 Å². The first kappa shape index (κ1) is 16.0. The third-order valence-corrected chi connectivity index (χ3v) is 6.47. The number of benzene rings is 2. The molecule has 22 heavy (non-hydrogen) atoms. The molecule has 0 saturated carbocycles. The average Bonchev–Trinajstić information content (AvgIpc) is 2.52. The summed E-state index contributed by atoms with van der Waals surface area (Å²) in [5.74, 6) is -0.401. The van der Waals surface area contributed by atoms with Gasteiger partial charge in [0.05, 0.1) is 12.5 Å². The zero-order valence-electron chi connectivity index (χ0n) is 12.3. The Bertz CT molecular complexity index is 731. The maximum atomic E-state index is 11.9. The molecule has 0 aromatic heterocycles. The molecule has 2 aromatic carbocycles. The SMILES string of the molecule is CCOC(=O)C(C)c1ccc2c(c1)Sc1ccc(Br)cc1S2. The topological polar surface area (TPSA) is 26.3 Å². The van der Waals surface area contributed by atoms with Gasteiger partial charge in [-0.25, -0.2) is 0 Å². The van der Waals surface area contributed by atoms with Gasteiger partial charge in [0.15, 0.2) is 0 Å². The predicted octanol–water partition coefficient (Wildman–Crippen LogP) is 5.73. The molecule has 0 amide bonds. The van der Waals surface area contributed by atoms with Crippen molar-refractivity contribution in [2.24, 2.45) is 0 Å². The normalized spacial score (nSPS) is 14.0. The first-order valence-corrected chi connectivity index (χ1v) is 9.47. The van der Waals surface area contributed by atoms with E-state index in [0.29, 0.717) is 6.61 Å². The van der Waals surface area contributed by atoms with Crippen LogP contribution in [0.15, 0.2) is 60.5 Å². The smallest absolute Gasteiger partial charge is 0.313 e. The molecule has 3 rings (SSSR count). The van der Waals surface area contributed by atoms with E-state index in [1.165, 1.54) is 19.6 Å². The molecule has 1 heterocycles. The summed E-state index contributed by atoms with van der Waals surface area (Å²) in [7, 11) is 0. The molecule has 0 aliphatic carbocycles. The van der Waals surface area contributed by atoms with Crippen molar-refractivity contribution in [3.8, 4) is 0 Å². The van der Waals surface area contributed by atoms with Crippen molar-refractivity contribution in [3.05, 3.63) is 46.4 Å². The van der Waals surface area contributed by atoms with Gasteiger partial charge in [-0.2, -0.15) is 0 Å². The summed E-state index contributed by atoms with van der Waals surface area (Å²) in [5, 5.41) is 0. The molecule has 2 aromatic rings. The van der Waals surface area contributed by atoms with E-state index in [4.69, 9.17) is 4.74 Å². The Morgan fingerprint density at radius 2 is 1.73 bits per heavy atom. The summed E-state index contributed by atoms with van der Waals surface area (Å²) in [6.45, 7) is 4.14. The minimum atomic E-state index is -0.234. The lowest BCUT2D eigenvalue weighted by atomic mass is 10.0. The number of hydrogen-bond acceptors (Lipinski definition) is 4. The number of hydrogen-bond donors (Lipinski definition) is 0. The van der Waals surface area contributed by atoms with Gasteiger partial charge in [0.2, 0.25) is 0 Å². The van der Waals surface area contributed by atoms with Crippen LogP contribution in [-0.4, -0.2) is 12.6 Å². The Morgan fingerprint density at radius 1 is 1.09 bits per heavy atom. The molecule has 0 bridgehead atoms. The lowest BCUT2D eigenvalue weighted by Gasteiger charge is -2.20. The van der Waals surface area contributed by atoms with Gasteiger partial charge in [0.1, 0.15) is 0 Å². The van der Waals surface area contributed by atoms with Crippen LogP contribution in [0.1, 0.15) is 25.3 Å². The third kappa shape index (κ3) is 3.21. The first-order valence-electron chi connectivity index (χ1n) is 7.04. The lowest BCUT2D eigenvalue weighted by molar-refractivity contribution is -0.144. The molecular weight excluding hydrogens is 380 g/mol. The highest BCUT2D eigenvalue weighted by Crippen LogP contribution is 2.49. The number of rotatable bonds is 3. The second-order valence-corrected chi connectivity index (χ2v) is 8.06. The summed E-state index contributed by atoms with van der Waals surface area (Å²) in [6, 6.07) is 12.6. The molecule has 0 saturated heterocycles. The van der Waals surface area contributed by atoms with Crippen LogP contribution in [-0.2, 0) is 9.53 Å². The van der Waals surface area contributed by atoms with Gasteiger partial charge in [-0.1, -0.05) is 45.5 Å². The molecule has 2 nitrogen and oxygen atoms in total. The summed E-state index contributed by atoms with van der Waals surface area (Å²) >= 11 is 7.04. The Balaban J connectivity index is 1.89. The maximum Gasteiger partial charge on any atom is 0.313 e. The van der Waals surface area contributed by atoms with Gasteiger partial charge in [-0.05, 0) is 49.7 Å². The second kappa shape index (κ2) is 6.69. The maximum absolute atomic E-state index is 11.9. The summed E-state index contributed by atoms with van der Waals surface area (Å²) in [4.78, 5) is 16.9. The van der Waals surface area contributed by atoms with Crippen molar-refractivity contribution in [3.63, 3.8) is 0 Å². The molecular formula is C17H15BrO2S2. The van der Waals surface area contributed by atoms with Crippen LogP contribution in [0.3, 0.4) is 0 Å². The molecule has 1 atom stereocenters. The van der Waals surface area contributed by atoms with E-state index in [1.807, 2.05) is 19.9 Å². The molecule has 1 unspecified atom stereocenters. The monoisotopic (exact) mass is 394 g/mol. The van der Waals surface area contributed by atoms with Gasteiger partial charge in [-0.3, -0.25) is 4.79 Å². The Hall–Kier alpha value is -0.910. The molecule has 1 aliphatic rings. The fourth-order valence-corrected chi connectivity index (χ4v) is 5.04. The second-order valence-electron chi connectivity index (χ2n) is 4.98. The van der Waals surface area contributed by atoms with E-state index in [2.05, 4.69) is 46.3 Å². The van der Waals surface area contributed by atoms with E-state index in [0.717, 1.165) is 10.0 Å². The average molecular weight is 395 g/mol. The highest BCUT2D eigenvalue weighted by atomic mass is 79.9. The number of fused-ring (bicyclic) bond motifs is 2. The number of carbonyl (C=O) groups is 1. The third-order valence-electron chi connectivity index (χ3n) is 3.45. The van der Waals surface area contributed by atoms with E-state index < -0.39 is 0 Å². The van der Waals surface area contributed by atoms with Gasteiger partial charge in [0.25, 0.3) is 0 Å². The van der Waals surface area contributed by atoms with Crippen molar-refractivity contribution >= 4 is 45.4 Å². The van der Waals surface area contributed by atoms with E-state index in [1.54, 1.807) is 23.5 Å². The van der Waals surface area contributed by atoms with Crippen molar-refractivity contribution in [1.29, 1.82) is 0 Å². The lowest BCUT2D eigenvalue weighted by Crippen LogP contribution is -2.13. The van der Waals surface area contributed by atoms with Gasteiger partial charge >= 0.3 is 5.97 Å². The van der Waals surface area contributed by atoms with Crippen molar-refractivity contribution in [2.45, 2.75) is 39.3 Å². The van der Waals surface area contributed by atoms with Gasteiger partial charge in [-0.15, -0.1) is 0 Å². The molecule has 0 spiro atoms. The van der Waals surface area contributed by atoms with Crippen molar-refractivity contribution < 1.29 is 9.53 Å². The standard InChI is InChI=1S/C17H15BrO2S2/c1-3-20-17(19)10(2)11-4-6-13-15(8-11)21-14-7-5-12(18)9-16(14)22-13/h4-10H,3H2,1-2H3. The van der Waals surface area contributed by atoms with Gasteiger partial charge < -0.3 is 4.74 Å². The fraction of sp³-hybridized carbons (Fsp3) is 0.235. The number of carbonyl (C=O) groups excluding carboxylic acids is 1. The Kier molecular flexibility index (Phi) is 4.85. The first-order chi connectivity index (χ1) is 10.6. The van der Waals surface area contributed by atoms with Crippen molar-refractivity contribution in [1.82, 2.24) is 0 Å². The zero-order chi connectivity index (χ0) is 15.7. The Morgan fingerprint density at radius 3 is 2.41 bits per heavy atom. The molecule has 1 aliphatic heterocycles. The molecule has 0 fully saturated rings. The van der Waals surface area contributed by atoms with Crippen LogP contribution < -0.4 is 0 Å². The van der Waals surface area contributed by atoms with Crippen LogP contribution in [0.4, 0.5) is 0 Å². The van der Waals surface area contributed by atoms with Crippen LogP contribution in [0.25, 0.3) is 0 Å². The van der Waals surface area contributed by atoms with Crippen LogP contribution >= 0.6 is 39.5 Å². The number of halogens is 1. The summed E-state index contributed by atoms with van der Waals surface area (Å²) in [5.41, 5.74) is 1.01. The quantitative estimate of drug-likeness (QED) is 0.529. The zero-order valence-corrected chi connectivity index (χ0v) is 15.5. The molecule has 0 radical (unpaired) electrons. The molecule has 114 valence electrons. The predicted molar refractivity (Wildman–Crippen MR) is 93.9 cm³/mol. The highest BCUT2D eigenvalue weighted by Gasteiger charge is 2.21. The summed E-state index contributed by atoms with van der Waals surface area (Å²) < 4.78 is 6.21. The largest absolute Gasteiger partial charge is 0.466 e. The van der Waals surface area contributed by atoms with Crippen molar-refractivity contribution in [2.75, 3.05) is 6.61 Å². The van der Waals surface area contributed by atoms with Crippen LogP contribution in [0.5, 0.6) is 0 Å².